The van der Waals surface area contributed by atoms with Crippen LogP contribution >= 0.6 is 0 Å². The number of amides is 2. The minimum atomic E-state index is 0.00919. The van der Waals surface area contributed by atoms with Gasteiger partial charge in [-0.3, -0.25) is 0 Å². The lowest BCUT2D eigenvalue weighted by atomic mass is 10.1. The minimum absolute atomic E-state index is 0.00919. The third-order valence-corrected chi connectivity index (χ3v) is 5.04. The van der Waals surface area contributed by atoms with Gasteiger partial charge >= 0.3 is 6.03 Å². The highest BCUT2D eigenvalue weighted by Crippen LogP contribution is 2.26. The van der Waals surface area contributed by atoms with Gasteiger partial charge in [0.05, 0.1) is 45.0 Å². The van der Waals surface area contributed by atoms with Gasteiger partial charge in [0.2, 0.25) is 0 Å². The first-order valence-electron chi connectivity index (χ1n) is 9.10. The molecule has 0 spiro atoms. The molecule has 0 aliphatic carbocycles. The van der Waals surface area contributed by atoms with Gasteiger partial charge in [0, 0.05) is 25.1 Å². The number of piperazine rings is 1. The van der Waals surface area contributed by atoms with E-state index >= 15 is 0 Å². The molecule has 0 saturated carbocycles. The van der Waals surface area contributed by atoms with Crippen molar-refractivity contribution in [1.29, 1.82) is 0 Å². The van der Waals surface area contributed by atoms with Gasteiger partial charge in [-0.15, -0.1) is 0 Å². The molecular weight excluding hydrogens is 304 g/mol. The number of hydrogen-bond acceptors (Lipinski definition) is 4. The zero-order valence-corrected chi connectivity index (χ0v) is 15.1. The van der Waals surface area contributed by atoms with Crippen molar-refractivity contribution in [2.45, 2.75) is 33.7 Å². The van der Waals surface area contributed by atoms with E-state index < -0.39 is 0 Å². The summed E-state index contributed by atoms with van der Waals surface area (Å²) < 4.78 is 0. The second-order valence-corrected chi connectivity index (χ2v) is 6.62. The summed E-state index contributed by atoms with van der Waals surface area (Å²) in [5.74, 6) is 1.88. The summed E-state index contributed by atoms with van der Waals surface area (Å²) >= 11 is 0. The van der Waals surface area contributed by atoms with E-state index in [2.05, 4.69) is 22.1 Å². The van der Waals surface area contributed by atoms with Crippen LogP contribution < -0.4 is 15.1 Å². The molecule has 7 nitrogen and oxygen atoms in total. The summed E-state index contributed by atoms with van der Waals surface area (Å²) in [6.45, 7) is 13.7. The number of aryl methyl sites for hydroxylation is 1. The summed E-state index contributed by atoms with van der Waals surface area (Å²) in [6, 6.07) is 0.00919. The summed E-state index contributed by atoms with van der Waals surface area (Å²) in [6.07, 6.45) is 0.809. The van der Waals surface area contributed by atoms with Crippen LogP contribution in [0.4, 0.5) is 10.6 Å². The number of urea groups is 1. The topological polar surface area (TPSA) is 65.8 Å². The van der Waals surface area contributed by atoms with Crippen LogP contribution in [0.3, 0.4) is 0 Å². The first-order valence-corrected chi connectivity index (χ1v) is 9.10. The number of nitrogens with zero attached hydrogens (tertiary/aromatic N) is 4. The summed E-state index contributed by atoms with van der Waals surface area (Å²) in [7, 11) is 0. The molecule has 132 valence electrons. The lowest BCUT2D eigenvalue weighted by Crippen LogP contribution is -3.14. The fraction of sp³-hybridized carbons (Fsp3) is 0.706. The molecule has 24 heavy (non-hydrogen) atoms. The van der Waals surface area contributed by atoms with Gasteiger partial charge in [0.1, 0.15) is 11.6 Å². The monoisotopic (exact) mass is 333 g/mol. The van der Waals surface area contributed by atoms with Crippen molar-refractivity contribution in [3.8, 4) is 0 Å². The van der Waals surface area contributed by atoms with Crippen molar-refractivity contribution in [1.82, 2.24) is 20.2 Å². The highest BCUT2D eigenvalue weighted by Gasteiger charge is 2.29. The molecule has 2 aliphatic heterocycles. The van der Waals surface area contributed by atoms with Crippen LogP contribution in [0.25, 0.3) is 0 Å². The van der Waals surface area contributed by atoms with Crippen LogP contribution in [0.15, 0.2) is 0 Å². The Bertz CT molecular complexity index is 597. The Morgan fingerprint density at radius 3 is 2.62 bits per heavy atom. The van der Waals surface area contributed by atoms with Gasteiger partial charge in [-0.25, -0.2) is 14.8 Å². The van der Waals surface area contributed by atoms with E-state index in [1.54, 1.807) is 4.90 Å². The van der Waals surface area contributed by atoms with Gasteiger partial charge in [0.15, 0.2) is 0 Å². The van der Waals surface area contributed by atoms with Crippen LogP contribution in [0.1, 0.15) is 30.9 Å². The number of fused-ring (bicyclic) bond motifs is 1. The predicted octanol–water partition coefficient (Wildman–Crippen LogP) is -0.403. The molecule has 0 unspecified atom stereocenters. The van der Waals surface area contributed by atoms with Gasteiger partial charge in [-0.05, 0) is 20.8 Å². The normalized spacial score (nSPS) is 18.5. The van der Waals surface area contributed by atoms with Crippen LogP contribution in [0.2, 0.25) is 0 Å². The van der Waals surface area contributed by atoms with Gasteiger partial charge in [-0.1, -0.05) is 0 Å². The zero-order chi connectivity index (χ0) is 17.1. The summed E-state index contributed by atoms with van der Waals surface area (Å²) in [4.78, 5) is 27.5. The standard InChI is InChI=1S/C17H28N6O/c1-4-18-17(24)23-7-6-15-14(12-23)16(20-13(3)19-15)22-10-8-21(5-2)9-11-22/h4-12H2,1-3H3,(H,18,24)/p+1. The van der Waals surface area contributed by atoms with E-state index in [4.69, 9.17) is 4.98 Å². The van der Waals surface area contributed by atoms with Gasteiger partial charge in [-0.2, -0.15) is 0 Å². The number of rotatable bonds is 3. The average Bonchev–Trinajstić information content (AvgIpc) is 2.61. The maximum Gasteiger partial charge on any atom is 0.317 e. The number of anilines is 1. The van der Waals surface area contributed by atoms with Crippen molar-refractivity contribution in [2.24, 2.45) is 0 Å². The third kappa shape index (κ3) is 3.45. The van der Waals surface area contributed by atoms with E-state index in [9.17, 15) is 4.79 Å². The Labute approximate surface area is 144 Å². The van der Waals surface area contributed by atoms with Crippen molar-refractivity contribution in [2.75, 3.05) is 50.7 Å². The summed E-state index contributed by atoms with van der Waals surface area (Å²) in [5, 5.41) is 2.90. The Balaban J connectivity index is 1.83. The molecule has 1 aromatic heterocycles. The Kier molecular flexibility index (Phi) is 5.18. The van der Waals surface area contributed by atoms with Crippen molar-refractivity contribution in [3.05, 3.63) is 17.1 Å². The highest BCUT2D eigenvalue weighted by atomic mass is 16.2. The number of carbonyl (C=O) groups excluding carboxylic acids is 1. The number of quaternary nitrogens is 1. The molecule has 1 saturated heterocycles. The molecule has 0 aromatic carbocycles. The van der Waals surface area contributed by atoms with Gasteiger partial charge < -0.3 is 20.0 Å². The number of nitrogens with one attached hydrogen (secondary N) is 2. The van der Waals surface area contributed by atoms with Crippen LogP contribution in [0.5, 0.6) is 0 Å². The molecule has 7 heteroatoms. The number of carbonyl (C=O) groups is 1. The minimum Gasteiger partial charge on any atom is -0.345 e. The van der Waals surface area contributed by atoms with Gasteiger partial charge in [0.25, 0.3) is 0 Å². The van der Waals surface area contributed by atoms with E-state index in [-0.39, 0.29) is 6.03 Å². The molecule has 2 N–H and O–H groups in total. The van der Waals surface area contributed by atoms with Crippen LogP contribution in [-0.4, -0.2) is 66.7 Å². The Hall–Kier alpha value is -1.89. The maximum absolute atomic E-state index is 12.2. The molecule has 3 rings (SSSR count). The molecule has 0 bridgehead atoms. The SMILES string of the molecule is CCNC(=O)N1CCc2nc(C)nc(N3CC[NH+](CC)CC3)c2C1. The average molecular weight is 333 g/mol. The molecule has 0 radical (unpaired) electrons. The lowest BCUT2D eigenvalue weighted by molar-refractivity contribution is -0.898. The smallest absolute Gasteiger partial charge is 0.317 e. The Morgan fingerprint density at radius 2 is 1.96 bits per heavy atom. The molecule has 3 heterocycles. The highest BCUT2D eigenvalue weighted by molar-refractivity contribution is 5.74. The fourth-order valence-corrected chi connectivity index (χ4v) is 3.60. The predicted molar refractivity (Wildman–Crippen MR) is 93.4 cm³/mol. The summed E-state index contributed by atoms with van der Waals surface area (Å²) in [5.41, 5.74) is 2.25. The van der Waals surface area contributed by atoms with Crippen molar-refractivity contribution >= 4 is 11.8 Å². The van der Waals surface area contributed by atoms with Crippen LogP contribution in [0, 0.1) is 6.92 Å². The molecule has 2 aliphatic rings. The lowest BCUT2D eigenvalue weighted by Gasteiger charge is -2.36. The fourth-order valence-electron chi connectivity index (χ4n) is 3.60. The Morgan fingerprint density at radius 1 is 1.21 bits per heavy atom. The second kappa shape index (κ2) is 7.34. The van der Waals surface area contributed by atoms with Crippen molar-refractivity contribution < 1.29 is 9.69 Å². The zero-order valence-electron chi connectivity index (χ0n) is 15.1. The molecule has 1 aromatic rings. The maximum atomic E-state index is 12.2. The molecule has 0 atom stereocenters. The van der Waals surface area contributed by atoms with E-state index in [1.165, 1.54) is 6.54 Å². The van der Waals surface area contributed by atoms with E-state index in [1.807, 2.05) is 18.7 Å². The quantitative estimate of drug-likeness (QED) is 0.790. The van der Waals surface area contributed by atoms with Crippen molar-refractivity contribution in [3.63, 3.8) is 0 Å². The largest absolute Gasteiger partial charge is 0.345 e. The molecule has 2 amide bonds. The van der Waals surface area contributed by atoms with E-state index in [0.717, 1.165) is 62.0 Å². The second-order valence-electron chi connectivity index (χ2n) is 6.62. The number of aromatic nitrogens is 2. The first kappa shape index (κ1) is 17.0. The number of likely N-dealkylation sites (N-methyl/N-ethyl adjacent to an activating group) is 1. The number of hydrogen-bond donors (Lipinski definition) is 2. The van der Waals surface area contributed by atoms with E-state index in [0.29, 0.717) is 13.1 Å². The van der Waals surface area contributed by atoms with Crippen LogP contribution in [-0.2, 0) is 13.0 Å². The first-order chi connectivity index (χ1) is 11.6. The molecular formula is C17H29N6O+. The third-order valence-electron chi connectivity index (χ3n) is 5.04. The molecule has 1 fully saturated rings.